The molecule has 4 rings (SSSR count). The van der Waals surface area contributed by atoms with Gasteiger partial charge in [0.25, 0.3) is 0 Å². The van der Waals surface area contributed by atoms with Crippen molar-refractivity contribution in [1.82, 2.24) is 9.78 Å². The molecule has 0 unspecified atom stereocenters. The summed E-state index contributed by atoms with van der Waals surface area (Å²) >= 11 is 13.8. The Morgan fingerprint density at radius 3 is 2.10 bits per heavy atom. The molecule has 144 valence electrons. The zero-order valence-corrected chi connectivity index (χ0v) is 17.8. The largest absolute Gasteiger partial charge is 0.288 e. The van der Waals surface area contributed by atoms with Crippen molar-refractivity contribution in [2.45, 2.75) is 16.8 Å². The number of hydrogen-bond acceptors (Lipinski definition) is 3. The van der Waals surface area contributed by atoms with E-state index in [2.05, 4.69) is 5.10 Å². The average molecular weight is 439 g/mol. The molecule has 4 aromatic rings. The first-order valence-corrected chi connectivity index (χ1v) is 10.5. The quantitative estimate of drug-likeness (QED) is 0.318. The van der Waals surface area contributed by atoms with Crippen molar-refractivity contribution in [3.63, 3.8) is 0 Å². The molecule has 0 radical (unpaired) electrons. The molecule has 0 fully saturated rings. The van der Waals surface area contributed by atoms with Crippen LogP contribution in [0.5, 0.6) is 0 Å². The number of nitrogens with zero attached hydrogens (tertiary/aromatic N) is 2. The Labute approximate surface area is 183 Å². The van der Waals surface area contributed by atoms with Crippen molar-refractivity contribution < 1.29 is 4.79 Å². The molecule has 0 amide bonds. The number of carbonyl (C=O) groups is 1. The molecule has 0 saturated heterocycles. The molecular weight excluding hydrogens is 423 g/mol. The first-order valence-electron chi connectivity index (χ1n) is 8.91. The Kier molecular flexibility index (Phi) is 5.76. The minimum atomic E-state index is -0.0686. The van der Waals surface area contributed by atoms with Gasteiger partial charge in [-0.3, -0.25) is 4.79 Å². The Morgan fingerprint density at radius 2 is 1.48 bits per heavy atom. The first kappa shape index (κ1) is 19.8. The molecule has 1 heterocycles. The van der Waals surface area contributed by atoms with Crippen LogP contribution in [0.3, 0.4) is 0 Å². The first-order chi connectivity index (χ1) is 14.0. The Morgan fingerprint density at radius 1 is 0.897 bits per heavy atom. The predicted molar refractivity (Wildman–Crippen MR) is 119 cm³/mol. The second-order valence-corrected chi connectivity index (χ2v) is 8.35. The van der Waals surface area contributed by atoms with Gasteiger partial charge >= 0.3 is 0 Å². The van der Waals surface area contributed by atoms with E-state index in [1.165, 1.54) is 11.8 Å². The number of aryl methyl sites for hydroxylation is 1. The van der Waals surface area contributed by atoms with Crippen LogP contribution in [-0.2, 0) is 0 Å². The lowest BCUT2D eigenvalue weighted by Gasteiger charge is -2.10. The summed E-state index contributed by atoms with van der Waals surface area (Å²) in [4.78, 5) is 14.2. The van der Waals surface area contributed by atoms with Gasteiger partial charge < -0.3 is 0 Å². The van der Waals surface area contributed by atoms with E-state index >= 15 is 0 Å². The monoisotopic (exact) mass is 438 g/mol. The summed E-state index contributed by atoms with van der Waals surface area (Å²) in [6.07, 6.45) is 0. The topological polar surface area (TPSA) is 34.9 Å². The molecule has 6 heteroatoms. The Bertz CT molecular complexity index is 1150. The molecule has 1 aromatic heterocycles. The molecule has 0 aliphatic carbocycles. The highest BCUT2D eigenvalue weighted by atomic mass is 35.5. The molecule has 0 N–H and O–H groups in total. The maximum Gasteiger partial charge on any atom is 0.197 e. The molecule has 3 nitrogen and oxygen atoms in total. The fourth-order valence-corrected chi connectivity index (χ4v) is 4.86. The molecule has 0 aliphatic heterocycles. The third kappa shape index (κ3) is 4.25. The molecule has 0 bridgehead atoms. The lowest BCUT2D eigenvalue weighted by Crippen LogP contribution is -2.04. The highest BCUT2D eigenvalue weighted by molar-refractivity contribution is 7.99. The van der Waals surface area contributed by atoms with Gasteiger partial charge in [0.15, 0.2) is 5.78 Å². The van der Waals surface area contributed by atoms with Crippen LogP contribution in [0.4, 0.5) is 0 Å². The predicted octanol–water partition coefficient (Wildman–Crippen LogP) is 6.87. The summed E-state index contributed by atoms with van der Waals surface area (Å²) in [7, 11) is 0. The van der Waals surface area contributed by atoms with Gasteiger partial charge in [0.2, 0.25) is 0 Å². The number of para-hydroxylation sites is 1. The van der Waals surface area contributed by atoms with Crippen LogP contribution in [0.15, 0.2) is 88.8 Å². The maximum absolute atomic E-state index is 13.3. The lowest BCUT2D eigenvalue weighted by molar-refractivity contribution is 0.103. The third-order valence-corrected chi connectivity index (χ3v) is 5.81. The van der Waals surface area contributed by atoms with Gasteiger partial charge in [0.1, 0.15) is 5.03 Å². The summed E-state index contributed by atoms with van der Waals surface area (Å²) in [5, 5.41) is 6.48. The molecule has 0 aliphatic rings. The number of carbonyl (C=O) groups excluding carboxylic acids is 1. The SMILES string of the molecule is Cc1nn(-c2ccccc2)c(Sc2cc(Cl)cc(Cl)c2)c1C(=O)c1ccccc1. The van der Waals surface area contributed by atoms with Gasteiger partial charge in [0.05, 0.1) is 16.9 Å². The van der Waals surface area contributed by atoms with E-state index in [0.29, 0.717) is 26.9 Å². The zero-order valence-electron chi connectivity index (χ0n) is 15.5. The minimum Gasteiger partial charge on any atom is -0.288 e. The van der Waals surface area contributed by atoms with Crippen molar-refractivity contribution in [2.75, 3.05) is 0 Å². The van der Waals surface area contributed by atoms with E-state index < -0.39 is 0 Å². The Hall–Kier alpha value is -2.53. The summed E-state index contributed by atoms with van der Waals surface area (Å²) < 4.78 is 1.80. The van der Waals surface area contributed by atoms with E-state index in [-0.39, 0.29) is 5.78 Å². The summed E-state index contributed by atoms with van der Waals surface area (Å²) in [5.74, 6) is -0.0686. The lowest BCUT2D eigenvalue weighted by atomic mass is 10.0. The highest BCUT2D eigenvalue weighted by Crippen LogP contribution is 2.37. The standard InChI is InChI=1S/C23H16Cl2N2OS/c1-15-21(22(28)16-8-4-2-5-9-16)23(27(26-15)19-10-6-3-7-11-19)29-20-13-17(24)12-18(25)14-20/h2-14H,1H3. The summed E-state index contributed by atoms with van der Waals surface area (Å²) in [5.41, 5.74) is 2.73. The van der Waals surface area contributed by atoms with Crippen LogP contribution >= 0.6 is 35.0 Å². The number of ketones is 1. The summed E-state index contributed by atoms with van der Waals surface area (Å²) in [6, 6.07) is 24.3. The highest BCUT2D eigenvalue weighted by Gasteiger charge is 2.24. The second-order valence-electron chi connectivity index (χ2n) is 6.42. The minimum absolute atomic E-state index is 0.0686. The van der Waals surface area contributed by atoms with Gasteiger partial charge in [-0.2, -0.15) is 5.10 Å². The van der Waals surface area contributed by atoms with Crippen LogP contribution in [-0.4, -0.2) is 15.6 Å². The van der Waals surface area contributed by atoms with Gasteiger partial charge in [-0.15, -0.1) is 0 Å². The van der Waals surface area contributed by atoms with Gasteiger partial charge in [0, 0.05) is 20.5 Å². The van der Waals surface area contributed by atoms with Crippen molar-refractivity contribution in [3.8, 4) is 5.69 Å². The van der Waals surface area contributed by atoms with Gasteiger partial charge in [-0.1, -0.05) is 83.5 Å². The van der Waals surface area contributed by atoms with Crippen LogP contribution in [0.25, 0.3) is 5.69 Å². The molecule has 0 spiro atoms. The molecular formula is C23H16Cl2N2OS. The smallest absolute Gasteiger partial charge is 0.197 e. The second kappa shape index (κ2) is 8.46. The van der Waals surface area contributed by atoms with E-state index in [9.17, 15) is 4.79 Å². The van der Waals surface area contributed by atoms with E-state index in [1.54, 1.807) is 10.7 Å². The van der Waals surface area contributed by atoms with E-state index in [1.807, 2.05) is 79.7 Å². The van der Waals surface area contributed by atoms with E-state index in [4.69, 9.17) is 23.2 Å². The molecule has 3 aromatic carbocycles. The van der Waals surface area contributed by atoms with Gasteiger partial charge in [-0.25, -0.2) is 4.68 Å². The van der Waals surface area contributed by atoms with Crippen molar-refractivity contribution in [3.05, 3.63) is 106 Å². The maximum atomic E-state index is 13.3. The molecule has 29 heavy (non-hydrogen) atoms. The van der Waals surface area contributed by atoms with Crippen molar-refractivity contribution in [2.24, 2.45) is 0 Å². The fourth-order valence-electron chi connectivity index (χ4n) is 3.04. The normalized spacial score (nSPS) is 10.9. The number of aromatic nitrogens is 2. The Balaban J connectivity index is 1.89. The number of halogens is 2. The molecule has 0 saturated carbocycles. The average Bonchev–Trinajstić information content (AvgIpc) is 3.04. The van der Waals surface area contributed by atoms with E-state index in [0.717, 1.165) is 15.6 Å². The number of rotatable bonds is 5. The fraction of sp³-hybridized carbons (Fsp3) is 0.0435. The van der Waals surface area contributed by atoms with Gasteiger partial charge in [-0.05, 0) is 37.3 Å². The van der Waals surface area contributed by atoms with Crippen LogP contribution in [0.1, 0.15) is 21.6 Å². The third-order valence-electron chi connectivity index (χ3n) is 4.33. The van der Waals surface area contributed by atoms with Crippen molar-refractivity contribution >= 4 is 40.7 Å². The number of hydrogen-bond donors (Lipinski definition) is 0. The zero-order chi connectivity index (χ0) is 20.4. The summed E-state index contributed by atoms with van der Waals surface area (Å²) in [6.45, 7) is 1.85. The van der Waals surface area contributed by atoms with Crippen LogP contribution < -0.4 is 0 Å². The van der Waals surface area contributed by atoms with Crippen molar-refractivity contribution in [1.29, 1.82) is 0 Å². The van der Waals surface area contributed by atoms with Crippen LogP contribution in [0.2, 0.25) is 10.0 Å². The number of benzene rings is 3. The molecule has 0 atom stereocenters. The van der Waals surface area contributed by atoms with Crippen LogP contribution in [0, 0.1) is 6.92 Å².